The molecule has 1 N–H and O–H groups in total. The van der Waals surface area contributed by atoms with Crippen LogP contribution < -0.4 is 5.32 Å². The number of hydrogen-bond donors (Lipinski definition) is 1. The van der Waals surface area contributed by atoms with Crippen LogP contribution in [0.5, 0.6) is 0 Å². The zero-order valence-corrected chi connectivity index (χ0v) is 15.9. The van der Waals surface area contributed by atoms with Gasteiger partial charge in [0.1, 0.15) is 11.9 Å². The van der Waals surface area contributed by atoms with Gasteiger partial charge < -0.3 is 5.32 Å². The summed E-state index contributed by atoms with van der Waals surface area (Å²) in [5.41, 5.74) is 4.92. The first-order chi connectivity index (χ1) is 12.0. The van der Waals surface area contributed by atoms with Crippen LogP contribution in [0.25, 0.3) is 0 Å². The largest absolute Gasteiger partial charge is 0.353 e. The van der Waals surface area contributed by atoms with E-state index < -0.39 is 0 Å². The van der Waals surface area contributed by atoms with Crippen molar-refractivity contribution in [1.82, 2.24) is 4.98 Å². The van der Waals surface area contributed by atoms with Gasteiger partial charge in [-0.1, -0.05) is 17.3 Å². The van der Waals surface area contributed by atoms with Gasteiger partial charge in [0.2, 0.25) is 0 Å². The van der Waals surface area contributed by atoms with Crippen LogP contribution in [-0.4, -0.2) is 11.2 Å². The Hall–Kier alpha value is -1.97. The number of nitrogens with zero attached hydrogens (tertiary/aromatic N) is 2. The number of benzene rings is 1. The normalized spacial score (nSPS) is 13.9. The number of thioether (sulfide) groups is 2. The van der Waals surface area contributed by atoms with Gasteiger partial charge in [-0.2, -0.15) is 5.26 Å². The number of aryl methyl sites for hydroxylation is 2. The van der Waals surface area contributed by atoms with E-state index in [1.165, 1.54) is 15.9 Å². The van der Waals surface area contributed by atoms with Crippen LogP contribution in [0.2, 0.25) is 0 Å². The molecule has 1 aromatic carbocycles. The molecule has 1 aromatic heterocycles. The molecule has 25 heavy (non-hydrogen) atoms. The third-order valence-electron chi connectivity index (χ3n) is 4.12. The Morgan fingerprint density at radius 1 is 1.32 bits per heavy atom. The van der Waals surface area contributed by atoms with Gasteiger partial charge in [-0.3, -0.25) is 4.98 Å². The van der Waals surface area contributed by atoms with E-state index in [9.17, 15) is 9.65 Å². The lowest BCUT2D eigenvalue weighted by molar-refractivity contribution is 0.619. The van der Waals surface area contributed by atoms with Crippen molar-refractivity contribution in [1.29, 1.82) is 5.26 Å². The SMILES string of the molecule is CSC1=C(C)CCc2ncc(C#N)c(Nc3ccc(F)c(C)c3)c2S1. The average molecular weight is 372 g/mol. The quantitative estimate of drug-likeness (QED) is 0.741. The van der Waals surface area contributed by atoms with Crippen molar-refractivity contribution in [3.05, 3.63) is 56.8 Å². The van der Waals surface area contributed by atoms with Gasteiger partial charge in [0.15, 0.2) is 0 Å². The summed E-state index contributed by atoms with van der Waals surface area (Å²) >= 11 is 3.38. The summed E-state index contributed by atoms with van der Waals surface area (Å²) in [4.78, 5) is 5.50. The maximum absolute atomic E-state index is 13.5. The van der Waals surface area contributed by atoms with Crippen molar-refractivity contribution in [2.75, 3.05) is 11.6 Å². The second-order valence-corrected chi connectivity index (χ2v) is 7.99. The maximum atomic E-state index is 13.5. The molecule has 2 aromatic rings. The zero-order chi connectivity index (χ0) is 18.0. The van der Waals surface area contributed by atoms with Crippen LogP contribution in [0.4, 0.5) is 15.8 Å². The molecule has 0 spiro atoms. The van der Waals surface area contributed by atoms with Crippen molar-refractivity contribution in [3.63, 3.8) is 0 Å². The third kappa shape index (κ3) is 3.68. The van der Waals surface area contributed by atoms with Gasteiger partial charge in [0, 0.05) is 16.1 Å². The van der Waals surface area contributed by atoms with Crippen LogP contribution in [0.1, 0.15) is 30.2 Å². The molecule has 2 heterocycles. The number of aromatic nitrogens is 1. The molecule has 0 fully saturated rings. The molecule has 3 nitrogen and oxygen atoms in total. The summed E-state index contributed by atoms with van der Waals surface area (Å²) in [6.45, 7) is 3.87. The molecule has 0 bridgehead atoms. The molecule has 0 saturated heterocycles. The Morgan fingerprint density at radius 3 is 2.80 bits per heavy atom. The number of rotatable bonds is 3. The Bertz CT molecular complexity index is 900. The van der Waals surface area contributed by atoms with Crippen LogP contribution in [0, 0.1) is 24.1 Å². The number of hydrogen-bond acceptors (Lipinski definition) is 5. The number of halogens is 1. The number of nitrogens with one attached hydrogen (secondary N) is 1. The Morgan fingerprint density at radius 2 is 2.12 bits per heavy atom. The van der Waals surface area contributed by atoms with Crippen molar-refractivity contribution in [3.8, 4) is 6.07 Å². The molecule has 0 unspecified atom stereocenters. The minimum absolute atomic E-state index is 0.239. The molecule has 1 aliphatic heterocycles. The average Bonchev–Trinajstić information content (AvgIpc) is 2.77. The van der Waals surface area contributed by atoms with E-state index in [1.54, 1.807) is 48.8 Å². The first-order valence-electron chi connectivity index (χ1n) is 7.90. The van der Waals surface area contributed by atoms with Gasteiger partial charge in [-0.05, 0) is 56.7 Å². The predicted molar refractivity (Wildman–Crippen MR) is 104 cm³/mol. The lowest BCUT2D eigenvalue weighted by atomic mass is 10.1. The topological polar surface area (TPSA) is 48.7 Å². The predicted octanol–water partition coefficient (Wildman–Crippen LogP) is 5.78. The standard InChI is InChI=1S/C19H18FN3S2/c1-11-4-7-16-18(25-19(11)24-3)17(13(9-21)10-22-16)23-14-5-6-15(20)12(2)8-14/h5-6,8,10H,4,7H2,1-3H3,(H,22,23). The number of anilines is 2. The summed E-state index contributed by atoms with van der Waals surface area (Å²) in [6, 6.07) is 7.10. The van der Waals surface area contributed by atoms with Gasteiger partial charge in [-0.15, -0.1) is 11.8 Å². The smallest absolute Gasteiger partial charge is 0.126 e. The number of allylic oxidation sites excluding steroid dienone is 1. The van der Waals surface area contributed by atoms with E-state index in [0.29, 0.717) is 11.1 Å². The fourth-order valence-corrected chi connectivity index (χ4v) is 4.73. The van der Waals surface area contributed by atoms with Crippen molar-refractivity contribution in [2.24, 2.45) is 0 Å². The van der Waals surface area contributed by atoms with Crippen LogP contribution in [-0.2, 0) is 6.42 Å². The summed E-state index contributed by atoms with van der Waals surface area (Å²) in [7, 11) is 0. The minimum atomic E-state index is -0.239. The summed E-state index contributed by atoms with van der Waals surface area (Å²) in [6.07, 6.45) is 5.50. The van der Waals surface area contributed by atoms with Crippen molar-refractivity contribution < 1.29 is 4.39 Å². The fraction of sp³-hybridized carbons (Fsp3) is 0.263. The van der Waals surface area contributed by atoms with Gasteiger partial charge in [-0.25, -0.2) is 4.39 Å². The van der Waals surface area contributed by atoms with E-state index >= 15 is 0 Å². The Labute approximate surface area is 155 Å². The zero-order valence-electron chi connectivity index (χ0n) is 14.3. The molecule has 0 radical (unpaired) electrons. The molecular formula is C19H18FN3S2. The van der Waals surface area contributed by atoms with E-state index in [1.807, 2.05) is 0 Å². The van der Waals surface area contributed by atoms with Crippen LogP contribution in [0.15, 0.2) is 39.1 Å². The number of fused-ring (bicyclic) bond motifs is 1. The first-order valence-corrected chi connectivity index (χ1v) is 9.94. The second-order valence-electron chi connectivity index (χ2n) is 5.90. The maximum Gasteiger partial charge on any atom is 0.126 e. The molecule has 1 aliphatic rings. The first kappa shape index (κ1) is 17.8. The monoisotopic (exact) mass is 371 g/mol. The molecule has 3 rings (SSSR count). The third-order valence-corrected chi connectivity index (χ3v) is 6.77. The molecule has 128 valence electrons. The highest BCUT2D eigenvalue weighted by Gasteiger charge is 2.21. The molecule has 0 aliphatic carbocycles. The second kappa shape index (κ2) is 7.51. The van der Waals surface area contributed by atoms with E-state index in [-0.39, 0.29) is 5.82 Å². The highest BCUT2D eigenvalue weighted by Crippen LogP contribution is 2.46. The summed E-state index contributed by atoms with van der Waals surface area (Å²) in [5, 5.41) is 12.9. The molecule has 0 atom stereocenters. The van der Waals surface area contributed by atoms with Gasteiger partial charge in [0.25, 0.3) is 0 Å². The molecule has 6 heteroatoms. The molecule has 0 amide bonds. The minimum Gasteiger partial charge on any atom is -0.353 e. The van der Waals surface area contributed by atoms with Crippen LogP contribution >= 0.6 is 23.5 Å². The highest BCUT2D eigenvalue weighted by atomic mass is 32.2. The van der Waals surface area contributed by atoms with E-state index in [4.69, 9.17) is 0 Å². The lowest BCUT2D eigenvalue weighted by Crippen LogP contribution is -2.02. The summed E-state index contributed by atoms with van der Waals surface area (Å²) < 4.78 is 14.8. The van der Waals surface area contributed by atoms with Gasteiger partial charge in [0.05, 0.1) is 21.8 Å². The van der Waals surface area contributed by atoms with E-state index in [0.717, 1.165) is 34.8 Å². The van der Waals surface area contributed by atoms with Gasteiger partial charge >= 0.3 is 0 Å². The molecular weight excluding hydrogens is 353 g/mol. The van der Waals surface area contributed by atoms with Crippen molar-refractivity contribution >= 4 is 34.9 Å². The Balaban J connectivity index is 2.09. The Kier molecular flexibility index (Phi) is 5.36. The number of pyridine rings is 1. The van der Waals surface area contributed by atoms with Crippen LogP contribution in [0.3, 0.4) is 0 Å². The molecule has 0 saturated carbocycles. The van der Waals surface area contributed by atoms with Crippen molar-refractivity contribution in [2.45, 2.75) is 31.6 Å². The highest BCUT2D eigenvalue weighted by molar-refractivity contribution is 8.22. The summed E-state index contributed by atoms with van der Waals surface area (Å²) in [5.74, 6) is -0.239. The number of nitriles is 1. The lowest BCUT2D eigenvalue weighted by Gasteiger charge is -2.16. The fourth-order valence-electron chi connectivity index (χ4n) is 2.70. The van der Waals surface area contributed by atoms with E-state index in [2.05, 4.69) is 29.5 Å².